The van der Waals surface area contributed by atoms with E-state index < -0.39 is 10.0 Å². The monoisotopic (exact) mass is 362 g/mol. The van der Waals surface area contributed by atoms with Crippen molar-refractivity contribution >= 4 is 21.6 Å². The number of sulfonamides is 1. The summed E-state index contributed by atoms with van der Waals surface area (Å²) >= 11 is 0. The van der Waals surface area contributed by atoms with Crippen LogP contribution in [-0.4, -0.2) is 37.8 Å². The third-order valence-electron chi connectivity index (χ3n) is 6.13. The summed E-state index contributed by atoms with van der Waals surface area (Å²) < 4.78 is 28.4. The van der Waals surface area contributed by atoms with Crippen LogP contribution in [0.2, 0.25) is 0 Å². The van der Waals surface area contributed by atoms with Crippen molar-refractivity contribution in [1.82, 2.24) is 4.31 Å². The number of carbonyl (C=O) groups excluding carboxylic acids is 1. The van der Waals surface area contributed by atoms with Gasteiger partial charge in [0.15, 0.2) is 0 Å². The lowest BCUT2D eigenvalue weighted by Gasteiger charge is -2.43. The van der Waals surface area contributed by atoms with E-state index in [1.54, 1.807) is 34.3 Å². The van der Waals surface area contributed by atoms with Crippen molar-refractivity contribution in [2.45, 2.75) is 62.8 Å². The second kappa shape index (κ2) is 6.40. The summed E-state index contributed by atoms with van der Waals surface area (Å²) in [7, 11) is -3.46. The van der Waals surface area contributed by atoms with Gasteiger partial charge in [-0.25, -0.2) is 8.42 Å². The molecule has 4 rings (SSSR count). The molecule has 3 aliphatic rings. The van der Waals surface area contributed by atoms with E-state index in [-0.39, 0.29) is 11.9 Å². The van der Waals surface area contributed by atoms with Gasteiger partial charge in [-0.15, -0.1) is 0 Å². The van der Waals surface area contributed by atoms with Gasteiger partial charge in [-0.05, 0) is 61.8 Å². The summed E-state index contributed by atoms with van der Waals surface area (Å²) in [6, 6.07) is 5.45. The Bertz CT molecular complexity index is 788. The average molecular weight is 362 g/mol. The van der Waals surface area contributed by atoms with Crippen LogP contribution in [0.25, 0.3) is 0 Å². The number of piperidine rings is 1. The predicted octanol–water partition coefficient (Wildman–Crippen LogP) is 2.94. The van der Waals surface area contributed by atoms with Gasteiger partial charge >= 0.3 is 0 Å². The van der Waals surface area contributed by atoms with Crippen molar-refractivity contribution in [3.8, 4) is 0 Å². The summed E-state index contributed by atoms with van der Waals surface area (Å²) in [5, 5.41) is 0. The van der Waals surface area contributed by atoms with Gasteiger partial charge in [-0.3, -0.25) is 4.79 Å². The number of amides is 1. The summed E-state index contributed by atoms with van der Waals surface area (Å²) in [6.45, 7) is 2.83. The number of fused-ring (bicyclic) bond motifs is 2. The lowest BCUT2D eigenvalue weighted by Crippen LogP contribution is -2.49. The van der Waals surface area contributed by atoms with Crippen molar-refractivity contribution in [3.05, 3.63) is 23.8 Å². The van der Waals surface area contributed by atoms with Crippen molar-refractivity contribution < 1.29 is 13.2 Å². The Morgan fingerprint density at radius 3 is 2.64 bits per heavy atom. The number of anilines is 1. The fourth-order valence-corrected chi connectivity index (χ4v) is 6.68. The minimum atomic E-state index is -3.46. The van der Waals surface area contributed by atoms with Crippen LogP contribution in [-0.2, 0) is 21.2 Å². The normalized spacial score (nSPS) is 27.0. The molecule has 1 aromatic rings. The van der Waals surface area contributed by atoms with E-state index in [2.05, 4.69) is 0 Å². The van der Waals surface area contributed by atoms with Crippen LogP contribution >= 0.6 is 0 Å². The van der Waals surface area contributed by atoms with Crippen molar-refractivity contribution in [2.75, 3.05) is 18.0 Å². The predicted molar refractivity (Wildman–Crippen MR) is 97.0 cm³/mol. The maximum absolute atomic E-state index is 13.3. The van der Waals surface area contributed by atoms with E-state index in [4.69, 9.17) is 0 Å². The van der Waals surface area contributed by atoms with E-state index >= 15 is 0 Å². The Hall–Kier alpha value is -1.40. The van der Waals surface area contributed by atoms with Crippen LogP contribution in [0.15, 0.2) is 23.1 Å². The highest BCUT2D eigenvalue weighted by Gasteiger charge is 2.40. The lowest BCUT2D eigenvalue weighted by atomic mass is 9.79. The number of hydrogen-bond acceptors (Lipinski definition) is 3. The van der Waals surface area contributed by atoms with Gasteiger partial charge in [-0.1, -0.05) is 12.8 Å². The summed E-state index contributed by atoms with van der Waals surface area (Å²) in [5.74, 6) is 0.537. The van der Waals surface area contributed by atoms with Gasteiger partial charge in [0.1, 0.15) is 0 Å². The van der Waals surface area contributed by atoms with Gasteiger partial charge < -0.3 is 4.90 Å². The lowest BCUT2D eigenvalue weighted by molar-refractivity contribution is -0.116. The van der Waals surface area contributed by atoms with E-state index in [9.17, 15) is 13.2 Å². The van der Waals surface area contributed by atoms with Crippen LogP contribution in [0.3, 0.4) is 0 Å². The number of nitrogens with zero attached hydrogens (tertiary/aromatic N) is 2. The minimum Gasteiger partial charge on any atom is -0.312 e. The summed E-state index contributed by atoms with van der Waals surface area (Å²) in [4.78, 5) is 13.8. The molecular weight excluding hydrogens is 336 g/mol. The highest BCUT2D eigenvalue weighted by atomic mass is 32.2. The molecule has 1 aromatic carbocycles. The fraction of sp³-hybridized carbons (Fsp3) is 0.632. The smallest absolute Gasteiger partial charge is 0.243 e. The SMILES string of the molecule is CC(=O)N1CCc2cc(S(=O)(=O)N3CCCC4CCCCC43)ccc21. The maximum atomic E-state index is 13.3. The second-order valence-corrected chi connectivity index (χ2v) is 9.47. The molecule has 2 atom stereocenters. The summed E-state index contributed by atoms with van der Waals surface area (Å²) in [5.41, 5.74) is 1.83. The van der Waals surface area contributed by atoms with Crippen LogP contribution < -0.4 is 4.90 Å². The molecule has 1 amide bonds. The third-order valence-corrected chi connectivity index (χ3v) is 8.05. The van der Waals surface area contributed by atoms with Gasteiger partial charge in [0, 0.05) is 31.7 Å². The molecule has 5 nitrogen and oxygen atoms in total. The molecule has 2 aliphatic heterocycles. The van der Waals surface area contributed by atoms with Crippen LogP contribution in [0.4, 0.5) is 5.69 Å². The molecule has 2 heterocycles. The standard InChI is InChI=1S/C19H26N2O3S/c1-14(22)20-12-10-16-13-17(8-9-18(16)20)25(23,24)21-11-4-6-15-5-2-3-7-19(15)21/h8-9,13,15,19H,2-7,10-12H2,1H3. The molecule has 136 valence electrons. The van der Waals surface area contributed by atoms with Crippen molar-refractivity contribution in [1.29, 1.82) is 0 Å². The number of rotatable bonds is 2. The zero-order valence-electron chi connectivity index (χ0n) is 14.8. The molecule has 2 unspecified atom stereocenters. The molecule has 1 aliphatic carbocycles. The van der Waals surface area contributed by atoms with Crippen molar-refractivity contribution in [3.63, 3.8) is 0 Å². The van der Waals surface area contributed by atoms with Gasteiger partial charge in [0.2, 0.25) is 15.9 Å². The van der Waals surface area contributed by atoms with Crippen molar-refractivity contribution in [2.24, 2.45) is 5.92 Å². The molecule has 0 bridgehead atoms. The van der Waals surface area contributed by atoms with E-state index in [0.717, 1.165) is 49.8 Å². The quantitative estimate of drug-likeness (QED) is 0.813. The first-order valence-electron chi connectivity index (χ1n) is 9.41. The average Bonchev–Trinajstić information content (AvgIpc) is 3.04. The van der Waals surface area contributed by atoms with Crippen LogP contribution in [0.1, 0.15) is 51.0 Å². The molecule has 25 heavy (non-hydrogen) atoms. The summed E-state index contributed by atoms with van der Waals surface area (Å²) in [6.07, 6.45) is 7.36. The molecule has 0 spiro atoms. The van der Waals surface area contributed by atoms with Gasteiger partial charge in [0.25, 0.3) is 0 Å². The first-order chi connectivity index (χ1) is 12.0. The minimum absolute atomic E-state index is 0.00966. The number of carbonyl (C=O) groups is 1. The molecule has 1 saturated heterocycles. The molecule has 2 fully saturated rings. The third kappa shape index (κ3) is 2.89. The molecule has 0 radical (unpaired) electrons. The first kappa shape index (κ1) is 17.0. The number of hydrogen-bond donors (Lipinski definition) is 0. The molecular formula is C19H26N2O3S. The van der Waals surface area contributed by atoms with Crippen LogP contribution in [0, 0.1) is 5.92 Å². The highest BCUT2D eigenvalue weighted by molar-refractivity contribution is 7.89. The fourth-order valence-electron chi connectivity index (χ4n) is 4.88. The Balaban J connectivity index is 1.65. The Morgan fingerprint density at radius 1 is 1.08 bits per heavy atom. The van der Waals surface area contributed by atoms with E-state index in [1.165, 1.54) is 6.42 Å². The Morgan fingerprint density at radius 2 is 1.84 bits per heavy atom. The zero-order chi connectivity index (χ0) is 17.6. The first-order valence-corrected chi connectivity index (χ1v) is 10.9. The molecule has 1 saturated carbocycles. The molecule has 0 N–H and O–H groups in total. The molecule has 0 aromatic heterocycles. The van der Waals surface area contributed by atoms with Gasteiger partial charge in [0.05, 0.1) is 4.90 Å². The maximum Gasteiger partial charge on any atom is 0.243 e. The zero-order valence-corrected chi connectivity index (χ0v) is 15.6. The Labute approximate surface area is 150 Å². The number of benzene rings is 1. The molecule has 6 heteroatoms. The van der Waals surface area contributed by atoms with Gasteiger partial charge in [-0.2, -0.15) is 4.31 Å². The van der Waals surface area contributed by atoms with E-state index in [0.29, 0.717) is 23.9 Å². The largest absolute Gasteiger partial charge is 0.312 e. The van der Waals surface area contributed by atoms with E-state index in [1.807, 2.05) is 0 Å². The van der Waals surface area contributed by atoms with Crippen LogP contribution in [0.5, 0.6) is 0 Å². The highest BCUT2D eigenvalue weighted by Crippen LogP contribution is 2.39. The Kier molecular flexibility index (Phi) is 4.36. The topological polar surface area (TPSA) is 57.7 Å². The second-order valence-electron chi connectivity index (χ2n) is 7.58.